The molecule has 1 rings (SSSR count). The van der Waals surface area contributed by atoms with E-state index in [-0.39, 0.29) is 0 Å². The van der Waals surface area contributed by atoms with Crippen LogP contribution >= 0.6 is 0 Å². The van der Waals surface area contributed by atoms with E-state index in [1.807, 2.05) is 24.3 Å². The lowest BCUT2D eigenvalue weighted by Crippen LogP contribution is -1.81. The quantitative estimate of drug-likeness (QED) is 0.371. The van der Waals surface area contributed by atoms with Crippen LogP contribution in [0, 0.1) is 0 Å². The van der Waals surface area contributed by atoms with Gasteiger partial charge in [0.15, 0.2) is 0 Å². The molecule has 0 radical (unpaired) electrons. The zero-order chi connectivity index (χ0) is 13.1. The van der Waals surface area contributed by atoms with E-state index in [4.69, 9.17) is 4.74 Å². The lowest BCUT2D eigenvalue weighted by atomic mass is 10.2. The van der Waals surface area contributed by atoms with Crippen molar-refractivity contribution in [1.82, 2.24) is 0 Å². The maximum Gasteiger partial charge on any atom is 0.118 e. The summed E-state index contributed by atoms with van der Waals surface area (Å²) in [6, 6.07) is 8.04. The Bertz CT molecular complexity index is 396. The molecule has 0 bridgehead atoms. The summed E-state index contributed by atoms with van der Waals surface area (Å²) in [6.07, 6.45) is 16.3. The highest BCUT2D eigenvalue weighted by Gasteiger charge is 1.88. The maximum absolute atomic E-state index is 5.11. The number of unbranched alkanes of at least 4 members (excludes halogenated alkanes) is 1. The molecule has 0 amide bonds. The molecular weight excluding hydrogens is 220 g/mol. The molecule has 0 atom stereocenters. The normalized spacial score (nSPS) is 11.9. The number of hydrogen-bond donors (Lipinski definition) is 0. The third kappa shape index (κ3) is 6.09. The summed E-state index contributed by atoms with van der Waals surface area (Å²) in [6.45, 7) is 2.16. The lowest BCUT2D eigenvalue weighted by molar-refractivity contribution is 0.415. The van der Waals surface area contributed by atoms with E-state index in [1.54, 1.807) is 7.11 Å². The van der Waals surface area contributed by atoms with Gasteiger partial charge in [-0.2, -0.15) is 0 Å². The van der Waals surface area contributed by atoms with Gasteiger partial charge in [-0.25, -0.2) is 0 Å². The molecule has 18 heavy (non-hydrogen) atoms. The topological polar surface area (TPSA) is 9.23 Å². The second kappa shape index (κ2) is 9.29. The van der Waals surface area contributed by atoms with Crippen molar-refractivity contribution in [3.05, 3.63) is 60.2 Å². The standard InChI is InChI=1S/C17H22O/c1-3-4-5-6-7-8-9-10-11-16-12-14-17(18-2)15-13-16/h4-5,8-15H,3,6-7H2,1-2H3/b5-4-,9-8+,11-10+. The summed E-state index contributed by atoms with van der Waals surface area (Å²) in [5.74, 6) is 0.894. The van der Waals surface area contributed by atoms with E-state index in [0.717, 1.165) is 25.0 Å². The third-order valence-electron chi connectivity index (χ3n) is 2.55. The number of hydrogen-bond acceptors (Lipinski definition) is 1. The summed E-state index contributed by atoms with van der Waals surface area (Å²) in [7, 11) is 1.68. The number of allylic oxidation sites excluding steroid dienone is 5. The summed E-state index contributed by atoms with van der Waals surface area (Å²) in [5, 5.41) is 0. The van der Waals surface area contributed by atoms with Gasteiger partial charge in [0.2, 0.25) is 0 Å². The van der Waals surface area contributed by atoms with Crippen molar-refractivity contribution in [3.8, 4) is 5.75 Å². The van der Waals surface area contributed by atoms with Crippen LogP contribution in [0.2, 0.25) is 0 Å². The minimum atomic E-state index is 0.894. The van der Waals surface area contributed by atoms with Gasteiger partial charge in [-0.3, -0.25) is 0 Å². The molecule has 96 valence electrons. The predicted molar refractivity (Wildman–Crippen MR) is 79.8 cm³/mol. The van der Waals surface area contributed by atoms with E-state index in [9.17, 15) is 0 Å². The average molecular weight is 242 g/mol. The van der Waals surface area contributed by atoms with Gasteiger partial charge in [-0.1, -0.05) is 55.5 Å². The molecule has 0 aliphatic carbocycles. The van der Waals surface area contributed by atoms with Gasteiger partial charge < -0.3 is 4.74 Å². The van der Waals surface area contributed by atoms with E-state index in [0.29, 0.717) is 0 Å². The molecular formula is C17H22O. The predicted octanol–water partition coefficient (Wildman–Crippen LogP) is 5.01. The molecule has 0 aliphatic heterocycles. The monoisotopic (exact) mass is 242 g/mol. The Hall–Kier alpha value is -1.76. The van der Waals surface area contributed by atoms with Gasteiger partial charge in [0.25, 0.3) is 0 Å². The van der Waals surface area contributed by atoms with Gasteiger partial charge in [0.05, 0.1) is 7.11 Å². The maximum atomic E-state index is 5.11. The van der Waals surface area contributed by atoms with Gasteiger partial charge in [-0.15, -0.1) is 0 Å². The minimum absolute atomic E-state index is 0.894. The highest BCUT2D eigenvalue weighted by molar-refractivity contribution is 5.52. The van der Waals surface area contributed by atoms with Crippen molar-refractivity contribution in [3.63, 3.8) is 0 Å². The van der Waals surface area contributed by atoms with Crippen LogP contribution in [0.25, 0.3) is 6.08 Å². The van der Waals surface area contributed by atoms with Gasteiger partial charge in [-0.05, 0) is 37.0 Å². The van der Waals surface area contributed by atoms with Gasteiger partial charge in [0, 0.05) is 0 Å². The fraction of sp³-hybridized carbons (Fsp3) is 0.294. The molecule has 1 heteroatoms. The minimum Gasteiger partial charge on any atom is -0.497 e. The van der Waals surface area contributed by atoms with E-state index in [1.165, 1.54) is 5.56 Å². The molecule has 0 aliphatic rings. The molecule has 0 saturated heterocycles. The number of methoxy groups -OCH3 is 1. The Labute approximate surface area is 110 Å². The smallest absolute Gasteiger partial charge is 0.118 e. The molecule has 1 nitrogen and oxygen atoms in total. The van der Waals surface area contributed by atoms with Crippen LogP contribution < -0.4 is 4.74 Å². The Kier molecular flexibility index (Phi) is 7.38. The van der Waals surface area contributed by atoms with Crippen molar-refractivity contribution in [2.75, 3.05) is 7.11 Å². The fourth-order valence-corrected chi connectivity index (χ4v) is 1.53. The van der Waals surface area contributed by atoms with Gasteiger partial charge in [0.1, 0.15) is 5.75 Å². The highest BCUT2D eigenvalue weighted by Crippen LogP contribution is 2.12. The van der Waals surface area contributed by atoms with E-state index >= 15 is 0 Å². The summed E-state index contributed by atoms with van der Waals surface area (Å²) < 4.78 is 5.11. The molecule has 0 N–H and O–H groups in total. The van der Waals surface area contributed by atoms with Crippen LogP contribution in [-0.4, -0.2) is 7.11 Å². The fourth-order valence-electron chi connectivity index (χ4n) is 1.53. The first kappa shape index (κ1) is 14.3. The Morgan fingerprint density at radius 1 is 0.944 bits per heavy atom. The second-order valence-corrected chi connectivity index (χ2v) is 4.02. The molecule has 0 aromatic heterocycles. The zero-order valence-electron chi connectivity index (χ0n) is 11.3. The summed E-state index contributed by atoms with van der Waals surface area (Å²) in [5.41, 5.74) is 1.19. The van der Waals surface area contributed by atoms with Crippen LogP contribution in [0.15, 0.2) is 54.6 Å². The van der Waals surface area contributed by atoms with Crippen LogP contribution in [0.5, 0.6) is 5.75 Å². The van der Waals surface area contributed by atoms with Crippen LogP contribution in [0.4, 0.5) is 0 Å². The van der Waals surface area contributed by atoms with Crippen molar-refractivity contribution >= 4 is 6.08 Å². The van der Waals surface area contributed by atoms with Crippen molar-refractivity contribution in [1.29, 1.82) is 0 Å². The van der Waals surface area contributed by atoms with Crippen LogP contribution in [0.1, 0.15) is 31.7 Å². The van der Waals surface area contributed by atoms with Crippen LogP contribution in [0.3, 0.4) is 0 Å². The highest BCUT2D eigenvalue weighted by atomic mass is 16.5. The van der Waals surface area contributed by atoms with E-state index in [2.05, 4.69) is 43.4 Å². The summed E-state index contributed by atoms with van der Waals surface area (Å²) >= 11 is 0. The summed E-state index contributed by atoms with van der Waals surface area (Å²) in [4.78, 5) is 0. The molecule has 0 fully saturated rings. The number of rotatable bonds is 7. The van der Waals surface area contributed by atoms with E-state index < -0.39 is 0 Å². The lowest BCUT2D eigenvalue weighted by Gasteiger charge is -1.98. The van der Waals surface area contributed by atoms with Crippen molar-refractivity contribution in [2.24, 2.45) is 0 Å². The number of ether oxygens (including phenoxy) is 1. The average Bonchev–Trinajstić information content (AvgIpc) is 2.42. The third-order valence-corrected chi connectivity index (χ3v) is 2.55. The first-order valence-electron chi connectivity index (χ1n) is 6.49. The molecule has 0 spiro atoms. The first-order valence-corrected chi connectivity index (χ1v) is 6.49. The second-order valence-electron chi connectivity index (χ2n) is 4.02. The van der Waals surface area contributed by atoms with Crippen molar-refractivity contribution in [2.45, 2.75) is 26.2 Å². The van der Waals surface area contributed by atoms with Gasteiger partial charge >= 0.3 is 0 Å². The molecule has 0 unspecified atom stereocenters. The SMILES string of the molecule is CC/C=C\CC/C=C/C=C/c1ccc(OC)cc1. The molecule has 1 aromatic rings. The Morgan fingerprint density at radius 3 is 2.33 bits per heavy atom. The van der Waals surface area contributed by atoms with Crippen LogP contribution in [-0.2, 0) is 0 Å². The molecule has 0 heterocycles. The zero-order valence-corrected chi connectivity index (χ0v) is 11.3. The molecule has 0 saturated carbocycles. The largest absolute Gasteiger partial charge is 0.497 e. The Balaban J connectivity index is 2.30. The number of benzene rings is 1. The van der Waals surface area contributed by atoms with Crippen molar-refractivity contribution < 1.29 is 4.74 Å². The Morgan fingerprint density at radius 2 is 1.67 bits per heavy atom. The molecule has 1 aromatic carbocycles. The first-order chi connectivity index (χ1) is 8.86.